The van der Waals surface area contributed by atoms with E-state index in [0.29, 0.717) is 5.92 Å². The summed E-state index contributed by atoms with van der Waals surface area (Å²) in [4.78, 5) is 2.54. The monoisotopic (exact) mass is 482 g/mol. The minimum atomic E-state index is -0.249. The smallest absolute Gasteiger partial charge is 0.124 e. The molecule has 0 saturated heterocycles. The Labute approximate surface area is 215 Å². The summed E-state index contributed by atoms with van der Waals surface area (Å²) in [6.07, 6.45) is 1.03. The van der Waals surface area contributed by atoms with Gasteiger partial charge in [-0.25, -0.2) is 4.68 Å². The minimum Gasteiger partial charge on any atom is -0.486 e. The van der Waals surface area contributed by atoms with Gasteiger partial charge in [0.05, 0.1) is 5.52 Å². The molecule has 1 unspecified atom stereocenters. The van der Waals surface area contributed by atoms with Crippen LogP contribution in [-0.4, -0.2) is 32.0 Å². The van der Waals surface area contributed by atoms with Crippen molar-refractivity contribution in [1.29, 1.82) is 0 Å². The summed E-state index contributed by atoms with van der Waals surface area (Å²) in [5.41, 5.74) is 11.0. The fourth-order valence-corrected chi connectivity index (χ4v) is 5.79. The number of rotatable bonds is 5. The molecule has 0 N–H and O–H groups in total. The second-order valence-electron chi connectivity index (χ2n) is 11.1. The van der Waals surface area contributed by atoms with E-state index in [-0.39, 0.29) is 5.60 Å². The van der Waals surface area contributed by atoms with Crippen molar-refractivity contribution < 1.29 is 4.74 Å². The molecule has 0 bridgehead atoms. The summed E-state index contributed by atoms with van der Waals surface area (Å²) in [6.45, 7) is 15.9. The van der Waals surface area contributed by atoms with E-state index in [0.717, 1.165) is 42.8 Å². The van der Waals surface area contributed by atoms with Gasteiger partial charge in [0.1, 0.15) is 16.9 Å². The molecule has 1 aliphatic rings. The molecule has 5 heteroatoms. The van der Waals surface area contributed by atoms with Crippen LogP contribution in [0.1, 0.15) is 72.1 Å². The Morgan fingerprint density at radius 1 is 1.03 bits per heavy atom. The molecule has 0 spiro atoms. The first-order chi connectivity index (χ1) is 17.1. The minimum absolute atomic E-state index is 0.249. The van der Waals surface area contributed by atoms with Gasteiger partial charge in [0.2, 0.25) is 0 Å². The third-order valence-corrected chi connectivity index (χ3v) is 7.63. The van der Waals surface area contributed by atoms with Crippen LogP contribution >= 0.6 is 0 Å². The van der Waals surface area contributed by atoms with Crippen molar-refractivity contribution in [2.75, 3.05) is 6.54 Å². The summed E-state index contributed by atoms with van der Waals surface area (Å²) in [7, 11) is 1.95. The van der Waals surface area contributed by atoms with Crippen LogP contribution in [0.5, 0.6) is 5.75 Å². The molecule has 1 aromatic heterocycles. The van der Waals surface area contributed by atoms with Gasteiger partial charge in [0, 0.05) is 38.2 Å². The van der Waals surface area contributed by atoms with Crippen molar-refractivity contribution in [2.45, 2.75) is 72.6 Å². The van der Waals surface area contributed by atoms with Gasteiger partial charge in [-0.1, -0.05) is 54.1 Å². The molecule has 0 aliphatic carbocycles. The van der Waals surface area contributed by atoms with Gasteiger partial charge in [0.15, 0.2) is 0 Å². The van der Waals surface area contributed by atoms with Gasteiger partial charge in [-0.05, 0) is 81.0 Å². The third-order valence-electron chi connectivity index (χ3n) is 7.63. The lowest BCUT2D eigenvalue weighted by atomic mass is 9.85. The second-order valence-corrected chi connectivity index (χ2v) is 11.1. The van der Waals surface area contributed by atoms with Crippen LogP contribution in [0, 0.1) is 20.8 Å². The molecule has 2 heterocycles. The SMILES string of the molecule is CCC(c1ccc(C)c(CN2Cc3cc(C)ccc3OC(C)(C)C2)c1)c1ccc2c(nnn2C)c1C. The number of hydrogen-bond acceptors (Lipinski definition) is 4. The Bertz CT molecular complexity index is 1420. The van der Waals surface area contributed by atoms with E-state index in [2.05, 4.69) is 105 Å². The number of fused-ring (bicyclic) bond motifs is 2. The predicted molar refractivity (Wildman–Crippen MR) is 147 cm³/mol. The standard InChI is InChI=1S/C31H38N4O/c1-8-26(27-12-13-28-30(22(27)4)32-33-34(28)7)23-11-10-21(3)24(16-23)17-35-18-25-15-20(2)9-14-29(25)36-31(5,6)19-35/h9-16,26H,8,17-19H2,1-7H3. The Hall–Kier alpha value is -3.18. The van der Waals surface area contributed by atoms with Gasteiger partial charge in [-0.15, -0.1) is 5.10 Å². The fraction of sp³-hybridized carbons (Fsp3) is 0.419. The van der Waals surface area contributed by atoms with Gasteiger partial charge < -0.3 is 4.74 Å². The third kappa shape index (κ3) is 4.64. The van der Waals surface area contributed by atoms with E-state index in [4.69, 9.17) is 4.74 Å². The zero-order valence-electron chi connectivity index (χ0n) is 22.7. The quantitative estimate of drug-likeness (QED) is 0.321. The Balaban J connectivity index is 1.48. The van der Waals surface area contributed by atoms with Crippen LogP contribution in [0.15, 0.2) is 48.5 Å². The van der Waals surface area contributed by atoms with Crippen molar-refractivity contribution in [1.82, 2.24) is 19.9 Å². The number of aryl methyl sites for hydroxylation is 4. The van der Waals surface area contributed by atoms with E-state index in [1.165, 1.54) is 38.9 Å². The maximum absolute atomic E-state index is 6.43. The van der Waals surface area contributed by atoms with E-state index < -0.39 is 0 Å². The predicted octanol–water partition coefficient (Wildman–Crippen LogP) is 6.61. The number of nitrogens with zero attached hydrogens (tertiary/aromatic N) is 4. The highest BCUT2D eigenvalue weighted by molar-refractivity contribution is 5.79. The number of hydrogen-bond donors (Lipinski definition) is 0. The van der Waals surface area contributed by atoms with E-state index in [1.807, 2.05) is 11.7 Å². The van der Waals surface area contributed by atoms with Gasteiger partial charge in [-0.2, -0.15) is 0 Å². The van der Waals surface area contributed by atoms with Crippen LogP contribution in [0.4, 0.5) is 0 Å². The van der Waals surface area contributed by atoms with Crippen LogP contribution in [0.25, 0.3) is 11.0 Å². The van der Waals surface area contributed by atoms with Gasteiger partial charge in [0.25, 0.3) is 0 Å². The summed E-state index contributed by atoms with van der Waals surface area (Å²) in [6, 6.07) is 18.0. The lowest BCUT2D eigenvalue weighted by Crippen LogP contribution is -2.40. The Morgan fingerprint density at radius 2 is 1.83 bits per heavy atom. The molecule has 0 amide bonds. The topological polar surface area (TPSA) is 43.2 Å². The molecule has 5 nitrogen and oxygen atoms in total. The van der Waals surface area contributed by atoms with Crippen molar-refractivity contribution in [3.63, 3.8) is 0 Å². The van der Waals surface area contributed by atoms with Crippen molar-refractivity contribution in [2.24, 2.45) is 7.05 Å². The lowest BCUT2D eigenvalue weighted by molar-refractivity contribution is 0.0682. The maximum Gasteiger partial charge on any atom is 0.124 e. The highest BCUT2D eigenvalue weighted by atomic mass is 16.5. The average molecular weight is 483 g/mol. The summed E-state index contributed by atoms with van der Waals surface area (Å²) < 4.78 is 8.28. The molecule has 188 valence electrons. The average Bonchev–Trinajstić information content (AvgIpc) is 3.14. The molecule has 3 aromatic carbocycles. The first kappa shape index (κ1) is 24.5. The Kier molecular flexibility index (Phi) is 6.37. The zero-order valence-corrected chi connectivity index (χ0v) is 22.7. The highest BCUT2D eigenvalue weighted by Crippen LogP contribution is 2.35. The van der Waals surface area contributed by atoms with Gasteiger partial charge in [-0.3, -0.25) is 4.90 Å². The second kappa shape index (κ2) is 9.36. The molecule has 0 fully saturated rings. The summed E-state index contributed by atoms with van der Waals surface area (Å²) in [5, 5.41) is 8.68. The van der Waals surface area contributed by atoms with Gasteiger partial charge >= 0.3 is 0 Å². The van der Waals surface area contributed by atoms with Crippen molar-refractivity contribution in [3.05, 3.63) is 87.5 Å². The molecule has 4 aromatic rings. The maximum atomic E-state index is 6.43. The molecular formula is C31H38N4O. The van der Waals surface area contributed by atoms with E-state index >= 15 is 0 Å². The van der Waals surface area contributed by atoms with E-state index in [1.54, 1.807) is 0 Å². The zero-order chi connectivity index (χ0) is 25.6. The fourth-order valence-electron chi connectivity index (χ4n) is 5.79. The summed E-state index contributed by atoms with van der Waals surface area (Å²) in [5.74, 6) is 1.34. The molecule has 1 atom stereocenters. The largest absolute Gasteiger partial charge is 0.486 e. The van der Waals surface area contributed by atoms with Crippen LogP contribution < -0.4 is 4.74 Å². The van der Waals surface area contributed by atoms with Crippen molar-refractivity contribution in [3.8, 4) is 5.75 Å². The van der Waals surface area contributed by atoms with Crippen LogP contribution in [0.3, 0.4) is 0 Å². The molecular weight excluding hydrogens is 444 g/mol. The first-order valence-electron chi connectivity index (χ1n) is 13.0. The number of ether oxygens (including phenoxy) is 1. The molecule has 5 rings (SSSR count). The Morgan fingerprint density at radius 3 is 2.61 bits per heavy atom. The normalized spacial score (nSPS) is 16.4. The van der Waals surface area contributed by atoms with Crippen LogP contribution in [-0.2, 0) is 20.1 Å². The highest BCUT2D eigenvalue weighted by Gasteiger charge is 2.29. The molecule has 0 radical (unpaired) electrons. The number of benzene rings is 3. The molecule has 1 aliphatic heterocycles. The molecule has 0 saturated carbocycles. The van der Waals surface area contributed by atoms with Crippen LogP contribution in [0.2, 0.25) is 0 Å². The number of aromatic nitrogens is 3. The lowest BCUT2D eigenvalue weighted by Gasteiger charge is -2.30. The summed E-state index contributed by atoms with van der Waals surface area (Å²) >= 11 is 0. The molecule has 36 heavy (non-hydrogen) atoms. The first-order valence-corrected chi connectivity index (χ1v) is 13.0. The van der Waals surface area contributed by atoms with E-state index in [9.17, 15) is 0 Å². The van der Waals surface area contributed by atoms with Crippen molar-refractivity contribution >= 4 is 11.0 Å².